The van der Waals surface area contributed by atoms with E-state index in [-0.39, 0.29) is 0 Å². The summed E-state index contributed by atoms with van der Waals surface area (Å²) < 4.78 is 8.70. The molecule has 0 atom stereocenters. The van der Waals surface area contributed by atoms with Crippen LogP contribution in [0.2, 0.25) is 0 Å². The second-order valence-electron chi connectivity index (χ2n) is 21.1. The van der Waals surface area contributed by atoms with Crippen LogP contribution in [-0.2, 0) is 13.1 Å². The molecule has 0 aliphatic rings. The predicted molar refractivity (Wildman–Crippen MR) is 327 cm³/mol. The van der Waals surface area contributed by atoms with Crippen LogP contribution in [0.1, 0.15) is 50.7 Å². The Morgan fingerprint density at radius 1 is 0.289 bits per heavy atom. The number of aryl methyl sites for hydroxylation is 2. The van der Waals surface area contributed by atoms with E-state index in [1.807, 2.05) is 8.96 Å². The van der Waals surface area contributed by atoms with Gasteiger partial charge in [-0.25, -0.2) is 0 Å². The number of aromatic nitrogens is 4. The maximum absolute atomic E-state index is 6.78. The molecule has 4 radical (unpaired) electrons. The molecular weight excluding hydrogens is 918 g/mol. The van der Waals surface area contributed by atoms with Crippen molar-refractivity contribution in [1.29, 1.82) is 0 Å². The number of benzene rings is 10. The third-order valence-electron chi connectivity index (χ3n) is 16.8. The molecule has 0 spiro atoms. The molecule has 0 saturated carbocycles. The summed E-state index contributed by atoms with van der Waals surface area (Å²) in [6, 6.07) is 72.5. The zero-order chi connectivity index (χ0) is 51.3. The SMILES string of the molecule is [B]n1c2ccccc2c2cc(-c3cc(-c4cc(-c5ccc6c(c5)c5ccccc5n6CCCC)c(C)c(-c5ccc6c(c5)c5ccccc5n6CCCC)c4)cc(-c4ccc5c(c4)c4ccccc4n5[B])c3C)ccc21. The van der Waals surface area contributed by atoms with Crippen molar-refractivity contribution >= 4 is 103 Å². The normalized spacial score (nSPS) is 12.1. The van der Waals surface area contributed by atoms with Gasteiger partial charge in [0, 0.05) is 100 Å². The maximum atomic E-state index is 6.78. The quantitative estimate of drug-likeness (QED) is 0.115. The molecular formula is C70H56B2N4. The molecule has 0 N–H and O–H groups in total. The number of hydrogen-bond donors (Lipinski definition) is 0. The lowest BCUT2D eigenvalue weighted by Gasteiger charge is -2.20. The van der Waals surface area contributed by atoms with Crippen LogP contribution in [0.15, 0.2) is 194 Å². The molecule has 6 heteroatoms. The Morgan fingerprint density at radius 2 is 0.553 bits per heavy atom. The number of hydrogen-bond acceptors (Lipinski definition) is 0. The van der Waals surface area contributed by atoms with Gasteiger partial charge in [-0.1, -0.05) is 124 Å². The minimum Gasteiger partial charge on any atom is -0.397 e. The molecule has 0 amide bonds. The van der Waals surface area contributed by atoms with Crippen molar-refractivity contribution in [3.63, 3.8) is 0 Å². The van der Waals surface area contributed by atoms with E-state index in [0.29, 0.717) is 0 Å². The predicted octanol–water partition coefficient (Wildman–Crippen LogP) is 18.5. The molecule has 4 heterocycles. The molecule has 0 unspecified atom stereocenters. The van der Waals surface area contributed by atoms with Gasteiger partial charge in [0.15, 0.2) is 0 Å². The average molecular weight is 975 g/mol. The summed E-state index contributed by atoms with van der Waals surface area (Å²) in [6.45, 7) is 11.2. The van der Waals surface area contributed by atoms with E-state index in [1.165, 1.54) is 88.1 Å². The molecule has 0 fully saturated rings. The molecule has 4 aromatic heterocycles. The van der Waals surface area contributed by atoms with Gasteiger partial charge in [-0.15, -0.1) is 0 Å². The second-order valence-corrected chi connectivity index (χ2v) is 21.1. The topological polar surface area (TPSA) is 19.7 Å². The highest BCUT2D eigenvalue weighted by atomic mass is 15.0. The van der Waals surface area contributed by atoms with E-state index in [2.05, 4.69) is 231 Å². The molecule has 76 heavy (non-hydrogen) atoms. The van der Waals surface area contributed by atoms with E-state index in [0.717, 1.165) is 105 Å². The summed E-state index contributed by atoms with van der Waals surface area (Å²) in [5.41, 5.74) is 23.5. The Morgan fingerprint density at radius 3 is 0.895 bits per heavy atom. The molecule has 0 bridgehead atoms. The molecule has 14 rings (SSSR count). The van der Waals surface area contributed by atoms with Crippen molar-refractivity contribution in [3.05, 3.63) is 205 Å². The monoisotopic (exact) mass is 974 g/mol. The first-order valence-corrected chi connectivity index (χ1v) is 27.2. The summed E-state index contributed by atoms with van der Waals surface area (Å²) >= 11 is 0. The van der Waals surface area contributed by atoms with E-state index in [1.54, 1.807) is 0 Å². The van der Waals surface area contributed by atoms with Crippen molar-refractivity contribution in [2.24, 2.45) is 0 Å². The summed E-state index contributed by atoms with van der Waals surface area (Å²) in [5, 5.41) is 9.74. The van der Waals surface area contributed by atoms with Crippen LogP contribution in [0.4, 0.5) is 0 Å². The maximum Gasteiger partial charge on any atom is 0.234 e. The molecule has 4 nitrogen and oxygen atoms in total. The Labute approximate surface area is 446 Å². The minimum absolute atomic E-state index is 0.996. The van der Waals surface area contributed by atoms with Crippen LogP contribution in [-0.4, -0.2) is 34.1 Å². The van der Waals surface area contributed by atoms with Crippen molar-refractivity contribution in [3.8, 4) is 55.6 Å². The Balaban J connectivity index is 1.04. The van der Waals surface area contributed by atoms with Crippen LogP contribution < -0.4 is 0 Å². The fourth-order valence-corrected chi connectivity index (χ4v) is 12.9. The Hall–Kier alpha value is -8.47. The lowest BCUT2D eigenvalue weighted by molar-refractivity contribution is 0.665. The van der Waals surface area contributed by atoms with Crippen LogP contribution in [0.3, 0.4) is 0 Å². The van der Waals surface area contributed by atoms with Crippen LogP contribution in [0.25, 0.3) is 143 Å². The third kappa shape index (κ3) is 7.14. The van der Waals surface area contributed by atoms with Gasteiger partial charge >= 0.3 is 0 Å². The fraction of sp³-hybridized carbons (Fsp3) is 0.143. The van der Waals surface area contributed by atoms with E-state index in [9.17, 15) is 0 Å². The van der Waals surface area contributed by atoms with E-state index >= 15 is 0 Å². The third-order valence-corrected chi connectivity index (χ3v) is 16.8. The van der Waals surface area contributed by atoms with Crippen LogP contribution >= 0.6 is 0 Å². The van der Waals surface area contributed by atoms with Gasteiger partial charge in [-0.05, 0) is 191 Å². The highest BCUT2D eigenvalue weighted by Crippen LogP contribution is 2.45. The van der Waals surface area contributed by atoms with Crippen molar-refractivity contribution in [2.75, 3.05) is 0 Å². The van der Waals surface area contributed by atoms with Gasteiger partial charge in [0.05, 0.1) is 0 Å². The van der Waals surface area contributed by atoms with Gasteiger partial charge in [0.25, 0.3) is 0 Å². The molecule has 0 saturated heterocycles. The smallest absolute Gasteiger partial charge is 0.234 e. The van der Waals surface area contributed by atoms with Gasteiger partial charge in [0.2, 0.25) is 16.0 Å². The number of fused-ring (bicyclic) bond motifs is 12. The van der Waals surface area contributed by atoms with Crippen molar-refractivity contribution in [2.45, 2.75) is 66.5 Å². The number of unbranched alkanes of at least 4 members (excludes halogenated alkanes) is 2. The Kier molecular flexibility index (Phi) is 11.0. The van der Waals surface area contributed by atoms with Crippen molar-refractivity contribution < 1.29 is 0 Å². The molecule has 362 valence electrons. The minimum atomic E-state index is 0.996. The molecule has 14 aromatic rings. The van der Waals surface area contributed by atoms with Crippen LogP contribution in [0, 0.1) is 13.8 Å². The first kappa shape index (κ1) is 46.1. The standard InChI is InChI=1S/C70H56B2N4/c1-5-7-33-73-63-21-13-9-17-51(63)59-35-45(25-29-65(59)73)55-39-49(40-56(43(55)3)46-26-30-66-60(36-46)52-18-10-14-22-64(52)74(66)34-8-6-2)50-41-57(47-27-31-69-61(37-47)53-19-11-15-23-67(53)75(69)71)44(4)58(42-50)48-28-32-70-62(38-48)54-20-12-16-24-68(54)76(70)72/h9-32,35-42H,5-8,33-34H2,1-4H3. The highest BCUT2D eigenvalue weighted by Gasteiger charge is 2.21. The van der Waals surface area contributed by atoms with Gasteiger partial charge in [-0.2, -0.15) is 0 Å². The lowest BCUT2D eigenvalue weighted by Crippen LogP contribution is -1.97. The lowest BCUT2D eigenvalue weighted by atomic mass is 9.84. The first-order valence-electron chi connectivity index (χ1n) is 27.2. The molecule has 0 aliphatic carbocycles. The van der Waals surface area contributed by atoms with Gasteiger partial charge in [0.1, 0.15) is 0 Å². The van der Waals surface area contributed by atoms with Crippen molar-refractivity contribution in [1.82, 2.24) is 18.1 Å². The number of para-hydroxylation sites is 4. The molecule has 10 aromatic carbocycles. The van der Waals surface area contributed by atoms with Gasteiger partial charge < -0.3 is 18.1 Å². The largest absolute Gasteiger partial charge is 0.397 e. The second kappa shape index (κ2) is 18.1. The highest BCUT2D eigenvalue weighted by molar-refractivity contribution is 6.23. The number of nitrogens with zero attached hydrogens (tertiary/aromatic N) is 4. The van der Waals surface area contributed by atoms with E-state index < -0.39 is 0 Å². The fourth-order valence-electron chi connectivity index (χ4n) is 12.9. The van der Waals surface area contributed by atoms with E-state index in [4.69, 9.17) is 16.0 Å². The summed E-state index contributed by atoms with van der Waals surface area (Å²) in [6.07, 6.45) is 4.56. The van der Waals surface area contributed by atoms with Gasteiger partial charge in [-0.3, -0.25) is 0 Å². The summed E-state index contributed by atoms with van der Waals surface area (Å²) in [4.78, 5) is 0. The summed E-state index contributed by atoms with van der Waals surface area (Å²) in [7, 11) is 13.6. The zero-order valence-corrected chi connectivity index (χ0v) is 43.7. The average Bonchev–Trinajstić information content (AvgIpc) is 4.16. The summed E-state index contributed by atoms with van der Waals surface area (Å²) in [5.74, 6) is 0. The molecule has 0 aliphatic heterocycles. The first-order chi connectivity index (χ1) is 37.3. The van der Waals surface area contributed by atoms with Crippen LogP contribution in [0.5, 0.6) is 0 Å². The zero-order valence-electron chi connectivity index (χ0n) is 43.7. The number of rotatable bonds is 11. The Bertz CT molecular complexity index is 4380.